The maximum atomic E-state index is 5.51. The molecule has 0 bridgehead atoms. The molecule has 4 heteroatoms. The highest BCUT2D eigenvalue weighted by Gasteiger charge is 2.05. The number of nitrogens with one attached hydrogen (secondary N) is 1. The summed E-state index contributed by atoms with van der Waals surface area (Å²) in [7, 11) is 0. The molecule has 0 saturated heterocycles. The van der Waals surface area contributed by atoms with Gasteiger partial charge in [0.15, 0.2) is 0 Å². The minimum atomic E-state index is 0.761. The Balaban J connectivity index is 1.78. The predicted molar refractivity (Wildman–Crippen MR) is 76.4 cm³/mol. The van der Waals surface area contributed by atoms with Crippen molar-refractivity contribution in [3.8, 4) is 0 Å². The van der Waals surface area contributed by atoms with E-state index in [4.69, 9.17) is 4.42 Å². The Kier molecular flexibility index (Phi) is 4.31. The topological polar surface area (TPSA) is 38.1 Å². The summed E-state index contributed by atoms with van der Waals surface area (Å²) >= 11 is 1.64. The summed E-state index contributed by atoms with van der Waals surface area (Å²) in [6, 6.07) is 8.30. The fourth-order valence-electron chi connectivity index (χ4n) is 1.60. The Morgan fingerprint density at radius 2 is 2.00 bits per heavy atom. The van der Waals surface area contributed by atoms with E-state index in [1.807, 2.05) is 26.0 Å². The van der Waals surface area contributed by atoms with E-state index in [0.717, 1.165) is 29.0 Å². The summed E-state index contributed by atoms with van der Waals surface area (Å²) < 4.78 is 5.51. The largest absolute Gasteiger partial charge is 0.437 e. The van der Waals surface area contributed by atoms with Crippen molar-refractivity contribution in [1.29, 1.82) is 0 Å². The van der Waals surface area contributed by atoms with E-state index in [1.165, 1.54) is 11.3 Å². The summed E-state index contributed by atoms with van der Waals surface area (Å²) in [5.41, 5.74) is 3.44. The van der Waals surface area contributed by atoms with Crippen LogP contribution in [-0.2, 0) is 0 Å². The van der Waals surface area contributed by atoms with Gasteiger partial charge >= 0.3 is 0 Å². The van der Waals surface area contributed by atoms with Gasteiger partial charge in [0.05, 0.1) is 5.69 Å². The first-order valence-electron chi connectivity index (χ1n) is 6.03. The number of thioether (sulfide) groups is 1. The van der Waals surface area contributed by atoms with Gasteiger partial charge in [0, 0.05) is 18.0 Å². The van der Waals surface area contributed by atoms with Crippen LogP contribution in [0, 0.1) is 20.8 Å². The lowest BCUT2D eigenvalue weighted by atomic mass is 10.2. The number of benzene rings is 1. The minimum absolute atomic E-state index is 0.761. The lowest BCUT2D eigenvalue weighted by Crippen LogP contribution is -2.05. The second-order valence-corrected chi connectivity index (χ2v) is 5.26. The number of aryl methyl sites for hydroxylation is 3. The molecule has 2 aromatic rings. The lowest BCUT2D eigenvalue weighted by molar-refractivity contribution is 0.431. The highest BCUT2D eigenvalue weighted by Crippen LogP contribution is 2.20. The lowest BCUT2D eigenvalue weighted by Gasteiger charge is -2.07. The van der Waals surface area contributed by atoms with Crippen LogP contribution in [0.5, 0.6) is 0 Å². The van der Waals surface area contributed by atoms with Crippen LogP contribution in [0.25, 0.3) is 0 Å². The summed E-state index contributed by atoms with van der Waals surface area (Å²) in [5.74, 6) is 1.85. The first-order valence-corrected chi connectivity index (χ1v) is 7.01. The molecule has 96 valence electrons. The quantitative estimate of drug-likeness (QED) is 0.657. The van der Waals surface area contributed by atoms with Crippen LogP contribution in [0.3, 0.4) is 0 Å². The molecule has 0 radical (unpaired) electrons. The number of oxazole rings is 1. The van der Waals surface area contributed by atoms with Crippen LogP contribution in [0.1, 0.15) is 17.0 Å². The molecule has 1 N–H and O–H groups in total. The molecule has 1 aromatic heterocycles. The van der Waals surface area contributed by atoms with Crippen molar-refractivity contribution >= 4 is 17.4 Å². The van der Waals surface area contributed by atoms with E-state index in [-0.39, 0.29) is 0 Å². The van der Waals surface area contributed by atoms with E-state index >= 15 is 0 Å². The average molecular weight is 262 g/mol. The fraction of sp³-hybridized carbons (Fsp3) is 0.357. The standard InChI is InChI=1S/C14H18N2OS/c1-10-6-4-5-7-13(10)15-8-9-18-14-16-11(2)12(3)17-14/h4-7,15H,8-9H2,1-3H3. The molecule has 0 aliphatic carbocycles. The molecule has 0 unspecified atom stereocenters. The first kappa shape index (κ1) is 13.0. The van der Waals surface area contributed by atoms with Crippen molar-refractivity contribution in [3.05, 3.63) is 41.3 Å². The van der Waals surface area contributed by atoms with Crippen LogP contribution >= 0.6 is 11.8 Å². The summed E-state index contributed by atoms with van der Waals surface area (Å²) in [5, 5.41) is 4.18. The van der Waals surface area contributed by atoms with Gasteiger partial charge in [-0.25, -0.2) is 4.98 Å². The zero-order chi connectivity index (χ0) is 13.0. The minimum Gasteiger partial charge on any atom is -0.437 e. The van der Waals surface area contributed by atoms with Crippen molar-refractivity contribution in [2.75, 3.05) is 17.6 Å². The van der Waals surface area contributed by atoms with Gasteiger partial charge in [0.1, 0.15) is 5.76 Å². The van der Waals surface area contributed by atoms with Gasteiger partial charge in [-0.3, -0.25) is 0 Å². The molecule has 0 saturated carbocycles. The molecule has 0 spiro atoms. The Morgan fingerprint density at radius 3 is 2.67 bits per heavy atom. The molecule has 0 amide bonds. The van der Waals surface area contributed by atoms with Crippen LogP contribution in [-0.4, -0.2) is 17.3 Å². The van der Waals surface area contributed by atoms with Gasteiger partial charge in [0.25, 0.3) is 5.22 Å². The van der Waals surface area contributed by atoms with E-state index in [1.54, 1.807) is 11.8 Å². The van der Waals surface area contributed by atoms with Gasteiger partial charge in [-0.1, -0.05) is 30.0 Å². The highest BCUT2D eigenvalue weighted by atomic mass is 32.2. The van der Waals surface area contributed by atoms with E-state index in [0.29, 0.717) is 0 Å². The van der Waals surface area contributed by atoms with Crippen LogP contribution in [0.4, 0.5) is 5.69 Å². The molecule has 2 rings (SSSR count). The van der Waals surface area contributed by atoms with Gasteiger partial charge in [-0.05, 0) is 32.4 Å². The maximum Gasteiger partial charge on any atom is 0.256 e. The second-order valence-electron chi connectivity index (χ2n) is 4.21. The van der Waals surface area contributed by atoms with E-state index in [9.17, 15) is 0 Å². The fourth-order valence-corrected chi connectivity index (χ4v) is 2.36. The number of anilines is 1. The third-order valence-corrected chi connectivity index (χ3v) is 3.63. The molecule has 0 fully saturated rings. The zero-order valence-corrected chi connectivity index (χ0v) is 11.8. The van der Waals surface area contributed by atoms with Crippen LogP contribution in [0.15, 0.2) is 33.9 Å². The zero-order valence-electron chi connectivity index (χ0n) is 11.0. The second kappa shape index (κ2) is 5.96. The average Bonchev–Trinajstić information content (AvgIpc) is 2.66. The molecule has 1 heterocycles. The third-order valence-electron chi connectivity index (χ3n) is 2.80. The van der Waals surface area contributed by atoms with Gasteiger partial charge in [-0.2, -0.15) is 0 Å². The van der Waals surface area contributed by atoms with Crippen molar-refractivity contribution < 1.29 is 4.42 Å². The number of rotatable bonds is 5. The smallest absolute Gasteiger partial charge is 0.256 e. The molecule has 0 atom stereocenters. The Bertz CT molecular complexity index is 503. The Hall–Kier alpha value is -1.42. The van der Waals surface area contributed by atoms with Crippen LogP contribution in [0.2, 0.25) is 0 Å². The number of hydrogen-bond donors (Lipinski definition) is 1. The molecule has 0 aliphatic heterocycles. The molecule has 3 nitrogen and oxygen atoms in total. The van der Waals surface area contributed by atoms with Crippen molar-refractivity contribution in [2.45, 2.75) is 26.0 Å². The predicted octanol–water partition coefficient (Wildman–Crippen LogP) is 3.80. The normalized spacial score (nSPS) is 10.6. The third kappa shape index (κ3) is 3.29. The number of para-hydroxylation sites is 1. The van der Waals surface area contributed by atoms with Crippen molar-refractivity contribution in [3.63, 3.8) is 0 Å². The molecule has 18 heavy (non-hydrogen) atoms. The van der Waals surface area contributed by atoms with Gasteiger partial charge in [-0.15, -0.1) is 0 Å². The summed E-state index contributed by atoms with van der Waals surface area (Å²) in [6.45, 7) is 6.92. The van der Waals surface area contributed by atoms with Gasteiger partial charge in [0.2, 0.25) is 0 Å². The number of aromatic nitrogens is 1. The van der Waals surface area contributed by atoms with Crippen molar-refractivity contribution in [2.24, 2.45) is 0 Å². The summed E-state index contributed by atoms with van der Waals surface area (Å²) in [6.07, 6.45) is 0. The van der Waals surface area contributed by atoms with E-state index < -0.39 is 0 Å². The first-order chi connectivity index (χ1) is 8.66. The van der Waals surface area contributed by atoms with Crippen molar-refractivity contribution in [1.82, 2.24) is 4.98 Å². The van der Waals surface area contributed by atoms with E-state index in [2.05, 4.69) is 29.4 Å². The number of nitrogens with zero attached hydrogens (tertiary/aromatic N) is 1. The number of hydrogen-bond acceptors (Lipinski definition) is 4. The highest BCUT2D eigenvalue weighted by molar-refractivity contribution is 7.99. The maximum absolute atomic E-state index is 5.51. The molecule has 1 aromatic carbocycles. The molecular weight excluding hydrogens is 244 g/mol. The summed E-state index contributed by atoms with van der Waals surface area (Å²) in [4.78, 5) is 4.34. The van der Waals surface area contributed by atoms with Crippen LogP contribution < -0.4 is 5.32 Å². The SMILES string of the molecule is Cc1ccccc1NCCSc1nc(C)c(C)o1. The Morgan fingerprint density at radius 1 is 1.22 bits per heavy atom. The molecule has 0 aliphatic rings. The monoisotopic (exact) mass is 262 g/mol. The van der Waals surface area contributed by atoms with Gasteiger partial charge < -0.3 is 9.73 Å². The molecular formula is C14H18N2OS. The Labute approximate surface area is 112 Å².